The van der Waals surface area contributed by atoms with Crippen LogP contribution in [0.15, 0.2) is 60.7 Å². The van der Waals surface area contributed by atoms with Gasteiger partial charge in [-0.3, -0.25) is 0 Å². The van der Waals surface area contributed by atoms with Gasteiger partial charge in [-0.2, -0.15) is 0 Å². The summed E-state index contributed by atoms with van der Waals surface area (Å²) in [5, 5.41) is 15.1. The standard InChI is InChI=1S/C30H45NO6Si/c1-28(2,3)37-27(33)31-19-22(26-25(20-32)35-30(7,8)36-26)21-34-38(29(4,5)6,23-15-11-9-12-16-23)24-17-13-10-14-18-24/h9-18,22,25-26,32H,19-21H2,1-8H3,(H,31,33)/t22-,25-,26+/m1/s1. The lowest BCUT2D eigenvalue weighted by atomic mass is 9.99. The number of ether oxygens (including phenoxy) is 3. The Morgan fingerprint density at radius 3 is 1.95 bits per heavy atom. The molecule has 1 saturated heterocycles. The Labute approximate surface area is 229 Å². The molecule has 210 valence electrons. The minimum Gasteiger partial charge on any atom is -0.444 e. The van der Waals surface area contributed by atoms with Gasteiger partial charge in [-0.05, 0) is 50.0 Å². The molecule has 0 bridgehead atoms. The van der Waals surface area contributed by atoms with Crippen molar-refractivity contribution in [2.24, 2.45) is 5.92 Å². The van der Waals surface area contributed by atoms with Gasteiger partial charge in [0.1, 0.15) is 11.7 Å². The minimum atomic E-state index is -2.83. The van der Waals surface area contributed by atoms with Crippen LogP contribution in [0.1, 0.15) is 55.4 Å². The largest absolute Gasteiger partial charge is 0.444 e. The Kier molecular flexibility index (Phi) is 9.48. The van der Waals surface area contributed by atoms with Crippen molar-refractivity contribution in [3.05, 3.63) is 60.7 Å². The predicted molar refractivity (Wildman–Crippen MR) is 152 cm³/mol. The first-order valence-corrected chi connectivity index (χ1v) is 15.3. The lowest BCUT2D eigenvalue weighted by molar-refractivity contribution is -0.153. The zero-order chi connectivity index (χ0) is 28.2. The molecule has 3 atom stereocenters. The Morgan fingerprint density at radius 1 is 0.974 bits per heavy atom. The molecule has 1 aliphatic rings. The lowest BCUT2D eigenvalue weighted by Crippen LogP contribution is -2.67. The van der Waals surface area contributed by atoms with Crippen molar-refractivity contribution in [1.82, 2.24) is 5.32 Å². The minimum absolute atomic E-state index is 0.198. The highest BCUT2D eigenvalue weighted by molar-refractivity contribution is 6.99. The number of nitrogens with one attached hydrogen (secondary N) is 1. The zero-order valence-corrected chi connectivity index (χ0v) is 25.1. The van der Waals surface area contributed by atoms with E-state index in [-0.39, 0.29) is 24.1 Å². The van der Waals surface area contributed by atoms with E-state index in [4.69, 9.17) is 18.6 Å². The maximum atomic E-state index is 12.6. The maximum Gasteiger partial charge on any atom is 0.407 e. The molecule has 0 radical (unpaired) electrons. The van der Waals surface area contributed by atoms with Crippen LogP contribution in [0.4, 0.5) is 4.79 Å². The molecule has 0 aliphatic carbocycles. The summed E-state index contributed by atoms with van der Waals surface area (Å²) in [5.74, 6) is -1.16. The molecule has 0 spiro atoms. The van der Waals surface area contributed by atoms with Crippen LogP contribution in [0.3, 0.4) is 0 Å². The third-order valence-corrected chi connectivity index (χ3v) is 11.7. The summed E-state index contributed by atoms with van der Waals surface area (Å²) < 4.78 is 24.9. The summed E-state index contributed by atoms with van der Waals surface area (Å²) in [7, 11) is -2.83. The number of hydrogen-bond donors (Lipinski definition) is 2. The molecule has 1 aliphatic heterocycles. The van der Waals surface area contributed by atoms with Gasteiger partial charge in [-0.1, -0.05) is 81.4 Å². The Bertz CT molecular complexity index is 993. The highest BCUT2D eigenvalue weighted by Gasteiger charge is 2.52. The van der Waals surface area contributed by atoms with Crippen LogP contribution in [0, 0.1) is 5.92 Å². The molecule has 0 aromatic heterocycles. The monoisotopic (exact) mass is 543 g/mol. The molecular weight excluding hydrogens is 498 g/mol. The highest BCUT2D eigenvalue weighted by Crippen LogP contribution is 2.38. The second kappa shape index (κ2) is 11.9. The first-order valence-electron chi connectivity index (χ1n) is 13.4. The maximum absolute atomic E-state index is 12.6. The normalized spacial score (nSPS) is 20.7. The van der Waals surface area contributed by atoms with Gasteiger partial charge < -0.3 is 29.1 Å². The van der Waals surface area contributed by atoms with Crippen LogP contribution < -0.4 is 15.7 Å². The van der Waals surface area contributed by atoms with Crippen molar-refractivity contribution in [2.75, 3.05) is 19.8 Å². The third kappa shape index (κ3) is 7.24. The number of hydrogen-bond acceptors (Lipinski definition) is 6. The van der Waals surface area contributed by atoms with Gasteiger partial charge in [0, 0.05) is 19.1 Å². The fraction of sp³-hybridized carbons (Fsp3) is 0.567. The van der Waals surface area contributed by atoms with Crippen LogP contribution in [0.5, 0.6) is 0 Å². The van der Waals surface area contributed by atoms with Gasteiger partial charge in [-0.25, -0.2) is 4.79 Å². The van der Waals surface area contributed by atoms with Crippen LogP contribution >= 0.6 is 0 Å². The summed E-state index contributed by atoms with van der Waals surface area (Å²) in [6.07, 6.45) is -1.53. The SMILES string of the molecule is CC(C)(C)OC(=O)NC[C@H](CO[Si](c1ccccc1)(c1ccccc1)C(C)(C)C)[C@@H]1OC(C)(C)O[C@@H]1CO. The van der Waals surface area contributed by atoms with Crippen molar-refractivity contribution in [3.8, 4) is 0 Å². The number of rotatable bonds is 9. The van der Waals surface area contributed by atoms with E-state index in [0.717, 1.165) is 0 Å². The van der Waals surface area contributed by atoms with Crippen LogP contribution in [-0.4, -0.2) is 62.9 Å². The molecule has 1 amide bonds. The highest BCUT2D eigenvalue weighted by atomic mass is 28.4. The quantitative estimate of drug-likeness (QED) is 0.461. The van der Waals surface area contributed by atoms with Gasteiger partial charge in [0.05, 0.1) is 12.7 Å². The fourth-order valence-electron chi connectivity index (χ4n) is 5.20. The van der Waals surface area contributed by atoms with Crippen molar-refractivity contribution in [2.45, 2.75) is 84.0 Å². The summed E-state index contributed by atoms with van der Waals surface area (Å²) in [5.41, 5.74) is -0.617. The average Bonchev–Trinajstić information content (AvgIpc) is 3.15. The van der Waals surface area contributed by atoms with E-state index in [1.165, 1.54) is 10.4 Å². The van der Waals surface area contributed by atoms with Crippen molar-refractivity contribution < 1.29 is 28.5 Å². The third-order valence-electron chi connectivity index (χ3n) is 6.70. The van der Waals surface area contributed by atoms with E-state index in [9.17, 15) is 9.90 Å². The number of carbonyl (C=O) groups is 1. The van der Waals surface area contributed by atoms with E-state index in [1.54, 1.807) is 0 Å². The molecule has 0 saturated carbocycles. The number of alkyl carbamates (subject to hydrolysis) is 1. The van der Waals surface area contributed by atoms with E-state index >= 15 is 0 Å². The van der Waals surface area contributed by atoms with Crippen molar-refractivity contribution >= 4 is 24.8 Å². The molecule has 7 nitrogen and oxygen atoms in total. The number of benzene rings is 2. The number of aliphatic hydroxyl groups excluding tert-OH is 1. The molecule has 2 N–H and O–H groups in total. The van der Waals surface area contributed by atoms with Gasteiger partial charge >= 0.3 is 6.09 Å². The molecule has 2 aromatic carbocycles. The van der Waals surface area contributed by atoms with E-state index in [2.05, 4.69) is 74.6 Å². The van der Waals surface area contributed by atoms with Crippen LogP contribution in [0.2, 0.25) is 5.04 Å². The molecular formula is C30H45NO6Si. The zero-order valence-electron chi connectivity index (χ0n) is 24.1. The smallest absolute Gasteiger partial charge is 0.407 e. The fourth-order valence-corrected chi connectivity index (χ4v) is 9.82. The molecule has 1 heterocycles. The molecule has 2 aromatic rings. The summed E-state index contributed by atoms with van der Waals surface area (Å²) in [4.78, 5) is 12.6. The summed E-state index contributed by atoms with van der Waals surface area (Å²) in [6, 6.07) is 20.8. The molecule has 38 heavy (non-hydrogen) atoms. The number of aliphatic hydroxyl groups is 1. The first-order chi connectivity index (χ1) is 17.7. The Morgan fingerprint density at radius 2 is 1.50 bits per heavy atom. The first kappa shape index (κ1) is 30.3. The van der Waals surface area contributed by atoms with Gasteiger partial charge in [0.25, 0.3) is 8.32 Å². The molecule has 0 unspecified atom stereocenters. The number of amides is 1. The summed E-state index contributed by atoms with van der Waals surface area (Å²) >= 11 is 0. The van der Waals surface area contributed by atoms with E-state index < -0.39 is 38.0 Å². The van der Waals surface area contributed by atoms with E-state index in [1.807, 2.05) is 46.8 Å². The van der Waals surface area contributed by atoms with E-state index in [0.29, 0.717) is 6.61 Å². The second-order valence-corrected chi connectivity index (χ2v) is 16.7. The molecule has 3 rings (SSSR count). The predicted octanol–water partition coefficient (Wildman–Crippen LogP) is 4.22. The van der Waals surface area contributed by atoms with Gasteiger partial charge in [0.2, 0.25) is 0 Å². The van der Waals surface area contributed by atoms with Gasteiger partial charge in [0.15, 0.2) is 5.79 Å². The Hall–Kier alpha value is -2.23. The van der Waals surface area contributed by atoms with Crippen molar-refractivity contribution in [3.63, 3.8) is 0 Å². The topological polar surface area (TPSA) is 86.3 Å². The van der Waals surface area contributed by atoms with Crippen LogP contribution in [-0.2, 0) is 18.6 Å². The van der Waals surface area contributed by atoms with Gasteiger partial charge in [-0.15, -0.1) is 0 Å². The molecule has 1 fully saturated rings. The lowest BCUT2D eigenvalue weighted by Gasteiger charge is -2.44. The summed E-state index contributed by atoms with van der Waals surface area (Å²) in [6.45, 7) is 16.2. The average molecular weight is 544 g/mol. The molecule has 8 heteroatoms. The van der Waals surface area contributed by atoms with Crippen molar-refractivity contribution in [1.29, 1.82) is 0 Å². The Balaban J connectivity index is 1.99. The number of carbonyl (C=O) groups excluding carboxylic acids is 1. The second-order valence-electron chi connectivity index (χ2n) is 12.4. The van der Waals surface area contributed by atoms with Crippen LogP contribution in [0.25, 0.3) is 0 Å².